The fraction of sp³-hybridized carbons (Fsp3) is 0.526. The number of likely N-dealkylation sites (tertiary alicyclic amines) is 1. The molecule has 1 atom stereocenters. The summed E-state index contributed by atoms with van der Waals surface area (Å²) in [5, 5.41) is 3.91. The number of carbonyl (C=O) groups excluding carboxylic acids is 1. The van der Waals surface area contributed by atoms with Gasteiger partial charge >= 0.3 is 0 Å². The first-order chi connectivity index (χ1) is 13.8. The summed E-state index contributed by atoms with van der Waals surface area (Å²) in [4.78, 5) is 18.8. The number of nitrogens with zero attached hydrogens (tertiary/aromatic N) is 4. The highest BCUT2D eigenvalue weighted by Gasteiger charge is 2.34. The van der Waals surface area contributed by atoms with Gasteiger partial charge in [-0.05, 0) is 31.4 Å². The normalized spacial score (nSPS) is 17.7. The number of aryl methyl sites for hydroxylation is 1. The molecule has 0 N–H and O–H groups in total. The van der Waals surface area contributed by atoms with Crippen LogP contribution in [0.4, 0.5) is 0 Å². The van der Waals surface area contributed by atoms with Gasteiger partial charge in [0.2, 0.25) is 10.0 Å². The Morgan fingerprint density at radius 1 is 1.45 bits per heavy atom. The predicted octanol–water partition coefficient (Wildman–Crippen LogP) is 1.59. The second kappa shape index (κ2) is 9.02. The van der Waals surface area contributed by atoms with Gasteiger partial charge in [0.05, 0.1) is 18.4 Å². The van der Waals surface area contributed by atoms with E-state index in [2.05, 4.69) is 10.1 Å². The van der Waals surface area contributed by atoms with Gasteiger partial charge in [0, 0.05) is 45.2 Å². The maximum absolute atomic E-state index is 13.1. The molecule has 0 bridgehead atoms. The van der Waals surface area contributed by atoms with E-state index in [9.17, 15) is 13.2 Å². The minimum atomic E-state index is -3.48. The van der Waals surface area contributed by atoms with Crippen molar-refractivity contribution in [3.63, 3.8) is 0 Å². The summed E-state index contributed by atoms with van der Waals surface area (Å²) in [6.07, 6.45) is 5.87. The van der Waals surface area contributed by atoms with Crippen molar-refractivity contribution >= 4 is 15.9 Å². The van der Waals surface area contributed by atoms with Crippen molar-refractivity contribution in [2.75, 3.05) is 26.5 Å². The molecule has 158 valence electrons. The number of piperidine rings is 1. The average Bonchev–Trinajstić information content (AvgIpc) is 3.06. The number of sulfonamides is 1. The van der Waals surface area contributed by atoms with Crippen molar-refractivity contribution in [2.45, 2.75) is 39.0 Å². The molecule has 2 aromatic heterocycles. The molecule has 1 fully saturated rings. The van der Waals surface area contributed by atoms with Gasteiger partial charge in [-0.1, -0.05) is 11.2 Å². The van der Waals surface area contributed by atoms with E-state index < -0.39 is 10.0 Å². The molecule has 3 rings (SSSR count). The molecule has 1 aliphatic rings. The zero-order valence-corrected chi connectivity index (χ0v) is 17.7. The van der Waals surface area contributed by atoms with Gasteiger partial charge < -0.3 is 14.2 Å². The molecule has 2 aromatic rings. The van der Waals surface area contributed by atoms with E-state index in [1.165, 1.54) is 10.6 Å². The third-order valence-electron chi connectivity index (χ3n) is 5.05. The van der Waals surface area contributed by atoms with E-state index in [0.29, 0.717) is 37.3 Å². The third-order valence-corrected chi connectivity index (χ3v) is 6.33. The van der Waals surface area contributed by atoms with Crippen LogP contribution in [0, 0.1) is 6.92 Å². The molecule has 0 radical (unpaired) electrons. The Hall–Kier alpha value is -2.30. The van der Waals surface area contributed by atoms with E-state index in [4.69, 9.17) is 9.26 Å². The second-order valence-electron chi connectivity index (χ2n) is 7.22. The van der Waals surface area contributed by atoms with E-state index in [0.717, 1.165) is 5.56 Å². The molecule has 1 aliphatic heterocycles. The van der Waals surface area contributed by atoms with Crippen molar-refractivity contribution in [2.24, 2.45) is 0 Å². The van der Waals surface area contributed by atoms with Gasteiger partial charge in [0.15, 0.2) is 5.69 Å². The number of hydrogen-bond donors (Lipinski definition) is 0. The van der Waals surface area contributed by atoms with Crippen LogP contribution in [0.5, 0.6) is 0 Å². The maximum atomic E-state index is 13.1. The molecule has 10 heteroatoms. The summed E-state index contributed by atoms with van der Waals surface area (Å²) in [5.74, 6) is 0.270. The van der Waals surface area contributed by atoms with Gasteiger partial charge in [-0.15, -0.1) is 0 Å². The fourth-order valence-corrected chi connectivity index (χ4v) is 4.68. The number of ether oxygens (including phenoxy) is 1. The molecular weight excluding hydrogens is 396 g/mol. The molecular formula is C19H26N4O5S. The molecule has 0 saturated carbocycles. The lowest BCUT2D eigenvalue weighted by molar-refractivity contribution is 0.0636. The molecule has 0 spiro atoms. The van der Waals surface area contributed by atoms with Gasteiger partial charge in [-0.3, -0.25) is 9.78 Å². The molecule has 1 unspecified atom stereocenters. The maximum Gasteiger partial charge on any atom is 0.276 e. The Balaban J connectivity index is 1.80. The lowest BCUT2D eigenvalue weighted by atomic mass is 10.0. The van der Waals surface area contributed by atoms with E-state index in [-0.39, 0.29) is 30.8 Å². The monoisotopic (exact) mass is 422 g/mol. The quantitative estimate of drug-likeness (QED) is 0.667. The van der Waals surface area contributed by atoms with Crippen molar-refractivity contribution in [1.29, 1.82) is 0 Å². The number of carbonyl (C=O) groups is 1. The zero-order valence-electron chi connectivity index (χ0n) is 16.9. The predicted molar refractivity (Wildman–Crippen MR) is 106 cm³/mol. The first kappa shape index (κ1) is 21.4. The highest BCUT2D eigenvalue weighted by molar-refractivity contribution is 7.88. The molecule has 9 nitrogen and oxygen atoms in total. The number of rotatable bonds is 7. The average molecular weight is 423 g/mol. The van der Waals surface area contributed by atoms with Crippen LogP contribution in [0.3, 0.4) is 0 Å². The highest BCUT2D eigenvalue weighted by atomic mass is 32.2. The minimum Gasteiger partial charge on any atom is -0.380 e. The van der Waals surface area contributed by atoms with Gasteiger partial charge in [0.1, 0.15) is 5.76 Å². The number of amides is 1. The Bertz CT molecular complexity index is 945. The number of hydrogen-bond acceptors (Lipinski definition) is 7. The molecule has 29 heavy (non-hydrogen) atoms. The van der Waals surface area contributed by atoms with Crippen LogP contribution < -0.4 is 0 Å². The van der Waals surface area contributed by atoms with E-state index in [1.54, 1.807) is 37.4 Å². The van der Waals surface area contributed by atoms with Crippen molar-refractivity contribution < 1.29 is 22.5 Å². The van der Waals surface area contributed by atoms with Gasteiger partial charge in [-0.2, -0.15) is 4.31 Å². The molecule has 3 heterocycles. The van der Waals surface area contributed by atoms with Crippen LogP contribution in [-0.4, -0.2) is 66.2 Å². The zero-order chi connectivity index (χ0) is 21.0. The van der Waals surface area contributed by atoms with Crippen molar-refractivity contribution in [3.05, 3.63) is 47.1 Å². The Kier molecular flexibility index (Phi) is 6.66. The Morgan fingerprint density at radius 2 is 2.24 bits per heavy atom. The van der Waals surface area contributed by atoms with Crippen LogP contribution in [0.25, 0.3) is 0 Å². The van der Waals surface area contributed by atoms with Gasteiger partial charge in [-0.25, -0.2) is 8.42 Å². The lowest BCUT2D eigenvalue weighted by Gasteiger charge is -2.38. The molecule has 1 saturated heterocycles. The lowest BCUT2D eigenvalue weighted by Crippen LogP contribution is -2.51. The number of pyridine rings is 1. The summed E-state index contributed by atoms with van der Waals surface area (Å²) < 4.78 is 36.7. The topological polar surface area (TPSA) is 106 Å². The number of aromatic nitrogens is 2. The van der Waals surface area contributed by atoms with Crippen molar-refractivity contribution in [1.82, 2.24) is 19.3 Å². The van der Waals surface area contributed by atoms with E-state index in [1.807, 2.05) is 6.07 Å². The third kappa shape index (κ3) is 5.01. The van der Waals surface area contributed by atoms with Crippen LogP contribution in [0.2, 0.25) is 0 Å². The number of methoxy groups -OCH3 is 1. The first-order valence-corrected chi connectivity index (χ1v) is 11.2. The summed E-state index contributed by atoms with van der Waals surface area (Å²) >= 11 is 0. The second-order valence-corrected chi connectivity index (χ2v) is 9.15. The summed E-state index contributed by atoms with van der Waals surface area (Å²) in [6, 6.07) is 3.30. The first-order valence-electron chi connectivity index (χ1n) is 9.40. The smallest absolute Gasteiger partial charge is 0.276 e. The highest BCUT2D eigenvalue weighted by Crippen LogP contribution is 2.24. The molecule has 1 amide bonds. The summed E-state index contributed by atoms with van der Waals surface area (Å²) in [7, 11) is -1.93. The standard InChI is InChI=1S/C19H26N4O5S/c1-14-17(13-27-2)18(21-28-14)19(24)22-9-5-7-16(12-22)23(29(3,25)26)11-15-6-4-8-20-10-15/h4,6,8,10,16H,5,7,9,11-13H2,1-3H3. The van der Waals surface area contributed by atoms with Crippen LogP contribution in [-0.2, 0) is 27.9 Å². The molecule has 0 aromatic carbocycles. The van der Waals surface area contributed by atoms with Gasteiger partial charge in [0.25, 0.3) is 5.91 Å². The largest absolute Gasteiger partial charge is 0.380 e. The SMILES string of the molecule is COCc1c(C(=O)N2CCCC(N(Cc3cccnc3)S(C)(=O)=O)C2)noc1C. The van der Waals surface area contributed by atoms with Crippen LogP contribution in [0.1, 0.15) is 40.2 Å². The minimum absolute atomic E-state index is 0.220. The fourth-order valence-electron chi connectivity index (χ4n) is 3.59. The van der Waals surface area contributed by atoms with Crippen LogP contribution >= 0.6 is 0 Å². The van der Waals surface area contributed by atoms with Crippen LogP contribution in [0.15, 0.2) is 29.0 Å². The van der Waals surface area contributed by atoms with E-state index >= 15 is 0 Å². The van der Waals surface area contributed by atoms with Crippen molar-refractivity contribution in [3.8, 4) is 0 Å². The Morgan fingerprint density at radius 3 is 2.90 bits per heavy atom. The summed E-state index contributed by atoms with van der Waals surface area (Å²) in [5.41, 5.74) is 1.65. The summed E-state index contributed by atoms with van der Waals surface area (Å²) in [6.45, 7) is 3.01. The Labute approximate surface area is 170 Å². The molecule has 0 aliphatic carbocycles.